The lowest BCUT2D eigenvalue weighted by molar-refractivity contribution is -0.121. The van der Waals surface area contributed by atoms with E-state index in [2.05, 4.69) is 32.5 Å². The third kappa shape index (κ3) is 4.66. The maximum atomic E-state index is 12.8. The van der Waals surface area contributed by atoms with Crippen LogP contribution in [0.15, 0.2) is 71.3 Å². The summed E-state index contributed by atoms with van der Waals surface area (Å²) >= 11 is 5.94. The Morgan fingerprint density at radius 2 is 1.78 bits per heavy atom. The third-order valence-electron chi connectivity index (χ3n) is 5.90. The Morgan fingerprint density at radius 1 is 1.03 bits per heavy atom. The summed E-state index contributed by atoms with van der Waals surface area (Å²) in [4.78, 5) is 19.5. The number of rotatable bonds is 5. The van der Waals surface area contributed by atoms with Crippen LogP contribution >= 0.6 is 11.6 Å². The van der Waals surface area contributed by atoms with Gasteiger partial charge in [-0.2, -0.15) is 4.98 Å². The Bertz CT molecular complexity index is 1230. The number of halogens is 1. The lowest BCUT2D eigenvalue weighted by atomic mass is 9.95. The zero-order valence-electron chi connectivity index (χ0n) is 17.5. The van der Waals surface area contributed by atoms with Gasteiger partial charge in [-0.05, 0) is 73.1 Å². The van der Waals surface area contributed by atoms with Crippen LogP contribution in [0.3, 0.4) is 0 Å². The van der Waals surface area contributed by atoms with Crippen molar-refractivity contribution in [3.63, 3.8) is 0 Å². The summed E-state index contributed by atoms with van der Waals surface area (Å²) in [6.07, 6.45) is 1.61. The van der Waals surface area contributed by atoms with Crippen molar-refractivity contribution in [1.29, 1.82) is 0 Å². The predicted octanol–water partition coefficient (Wildman–Crippen LogP) is 5.39. The smallest absolute Gasteiger partial charge is 0.241 e. The van der Waals surface area contributed by atoms with Crippen LogP contribution in [0.4, 0.5) is 5.69 Å². The molecule has 3 aromatic carbocycles. The molecule has 1 amide bonds. The van der Waals surface area contributed by atoms with Gasteiger partial charge < -0.3 is 9.84 Å². The molecule has 0 bridgehead atoms. The molecule has 32 heavy (non-hydrogen) atoms. The number of anilines is 1. The molecule has 1 saturated heterocycles. The number of piperidine rings is 1. The van der Waals surface area contributed by atoms with E-state index in [9.17, 15) is 4.79 Å². The first-order valence-electron chi connectivity index (χ1n) is 10.7. The molecule has 0 radical (unpaired) electrons. The van der Waals surface area contributed by atoms with Gasteiger partial charge in [0.25, 0.3) is 0 Å². The van der Waals surface area contributed by atoms with Crippen LogP contribution in [0.1, 0.15) is 18.7 Å². The molecule has 0 spiro atoms. The summed E-state index contributed by atoms with van der Waals surface area (Å²) in [7, 11) is 0. The van der Waals surface area contributed by atoms with Gasteiger partial charge >= 0.3 is 0 Å². The van der Waals surface area contributed by atoms with Gasteiger partial charge in [0.1, 0.15) is 0 Å². The van der Waals surface area contributed by atoms with Crippen LogP contribution in [0.5, 0.6) is 0 Å². The van der Waals surface area contributed by atoms with E-state index in [0.29, 0.717) is 23.3 Å². The maximum Gasteiger partial charge on any atom is 0.241 e. The fourth-order valence-electron chi connectivity index (χ4n) is 4.09. The maximum absolute atomic E-state index is 12.8. The van der Waals surface area contributed by atoms with E-state index in [4.69, 9.17) is 16.1 Å². The van der Waals surface area contributed by atoms with E-state index in [-0.39, 0.29) is 11.8 Å². The molecule has 7 heteroatoms. The van der Waals surface area contributed by atoms with Gasteiger partial charge in [0.15, 0.2) is 0 Å². The molecule has 1 aliphatic rings. The van der Waals surface area contributed by atoms with E-state index in [1.807, 2.05) is 42.5 Å². The minimum Gasteiger partial charge on any atom is -0.338 e. The molecule has 1 N–H and O–H groups in total. The summed E-state index contributed by atoms with van der Waals surface area (Å²) in [5, 5.41) is 10.1. The molecular weight excluding hydrogens is 424 g/mol. The van der Waals surface area contributed by atoms with Crippen LogP contribution < -0.4 is 5.32 Å². The second-order valence-electron chi connectivity index (χ2n) is 8.12. The SMILES string of the molecule is O=C(Nc1ccc2ccccc2c1)C1CCN(Cc2nc(-c3ccc(Cl)cc3)no2)CC1. The Hall–Kier alpha value is -3.22. The number of carbonyl (C=O) groups excluding carboxylic acids is 1. The standard InChI is InChI=1S/C25H23ClN4O2/c26-21-8-5-18(6-9-21)24-28-23(32-29-24)16-30-13-11-19(12-14-30)25(31)27-22-10-7-17-3-1-2-4-20(17)15-22/h1-10,15,19H,11-14,16H2,(H,27,31). The Labute approximate surface area is 191 Å². The van der Waals surface area contributed by atoms with Crippen LogP contribution in [0.2, 0.25) is 5.02 Å². The first kappa shape index (κ1) is 20.7. The van der Waals surface area contributed by atoms with Crippen molar-refractivity contribution in [2.24, 2.45) is 5.92 Å². The minimum absolute atomic E-state index is 0.00466. The van der Waals surface area contributed by atoms with Crippen molar-refractivity contribution < 1.29 is 9.32 Å². The van der Waals surface area contributed by atoms with Crippen molar-refractivity contribution in [3.8, 4) is 11.4 Å². The third-order valence-corrected chi connectivity index (χ3v) is 6.16. The van der Waals surface area contributed by atoms with Gasteiger partial charge in [-0.25, -0.2) is 0 Å². The number of fused-ring (bicyclic) bond motifs is 1. The Kier molecular flexibility index (Phi) is 5.88. The second-order valence-corrected chi connectivity index (χ2v) is 8.56. The molecule has 1 aromatic heterocycles. The zero-order valence-corrected chi connectivity index (χ0v) is 18.3. The summed E-state index contributed by atoms with van der Waals surface area (Å²) in [6, 6.07) is 21.5. The van der Waals surface area contributed by atoms with E-state index in [0.717, 1.165) is 42.6 Å². The fourth-order valence-corrected chi connectivity index (χ4v) is 4.22. The van der Waals surface area contributed by atoms with E-state index < -0.39 is 0 Å². The molecule has 5 rings (SSSR count). The summed E-state index contributed by atoms with van der Waals surface area (Å²) in [5.41, 5.74) is 1.71. The highest BCUT2D eigenvalue weighted by molar-refractivity contribution is 6.30. The lowest BCUT2D eigenvalue weighted by Gasteiger charge is -2.30. The van der Waals surface area contributed by atoms with Crippen molar-refractivity contribution in [2.45, 2.75) is 19.4 Å². The number of amides is 1. The molecule has 0 unspecified atom stereocenters. The van der Waals surface area contributed by atoms with Crippen LogP contribution in [-0.4, -0.2) is 34.0 Å². The van der Waals surface area contributed by atoms with E-state index in [1.54, 1.807) is 12.1 Å². The average Bonchev–Trinajstić information content (AvgIpc) is 3.28. The first-order valence-corrected chi connectivity index (χ1v) is 11.1. The van der Waals surface area contributed by atoms with Crippen molar-refractivity contribution >= 4 is 34.0 Å². The monoisotopic (exact) mass is 446 g/mol. The van der Waals surface area contributed by atoms with Gasteiger partial charge in [-0.15, -0.1) is 0 Å². The molecule has 4 aromatic rings. The molecule has 6 nitrogen and oxygen atoms in total. The molecule has 162 valence electrons. The van der Waals surface area contributed by atoms with Crippen molar-refractivity contribution in [2.75, 3.05) is 18.4 Å². The number of hydrogen-bond acceptors (Lipinski definition) is 5. The molecule has 1 aliphatic heterocycles. The van der Waals surface area contributed by atoms with Crippen LogP contribution in [0.25, 0.3) is 22.2 Å². The van der Waals surface area contributed by atoms with Crippen LogP contribution in [-0.2, 0) is 11.3 Å². The molecule has 0 aliphatic carbocycles. The number of aromatic nitrogens is 2. The molecule has 2 heterocycles. The number of carbonyl (C=O) groups is 1. The predicted molar refractivity (Wildman–Crippen MR) is 125 cm³/mol. The molecule has 1 fully saturated rings. The highest BCUT2D eigenvalue weighted by Crippen LogP contribution is 2.24. The van der Waals surface area contributed by atoms with E-state index in [1.165, 1.54) is 5.39 Å². The van der Waals surface area contributed by atoms with Gasteiger partial charge in [-0.1, -0.05) is 47.1 Å². The highest BCUT2D eigenvalue weighted by Gasteiger charge is 2.26. The quantitative estimate of drug-likeness (QED) is 0.444. The molecular formula is C25H23ClN4O2. The Balaban J connectivity index is 1.14. The summed E-state index contributed by atoms with van der Waals surface area (Å²) < 4.78 is 5.43. The second kappa shape index (κ2) is 9.10. The van der Waals surface area contributed by atoms with Gasteiger partial charge in [0.2, 0.25) is 17.6 Å². The number of benzene rings is 3. The summed E-state index contributed by atoms with van der Waals surface area (Å²) in [6.45, 7) is 2.21. The molecule has 0 atom stereocenters. The summed E-state index contributed by atoms with van der Waals surface area (Å²) in [5.74, 6) is 1.23. The van der Waals surface area contributed by atoms with Crippen LogP contribution in [0, 0.1) is 5.92 Å². The van der Waals surface area contributed by atoms with E-state index >= 15 is 0 Å². The Morgan fingerprint density at radius 3 is 2.56 bits per heavy atom. The zero-order chi connectivity index (χ0) is 21.9. The van der Waals surface area contributed by atoms with Crippen molar-refractivity contribution in [3.05, 3.63) is 77.6 Å². The average molecular weight is 447 g/mol. The minimum atomic E-state index is 0.00466. The fraction of sp³-hybridized carbons (Fsp3) is 0.240. The molecule has 0 saturated carbocycles. The largest absolute Gasteiger partial charge is 0.338 e. The number of hydrogen-bond donors (Lipinski definition) is 1. The van der Waals surface area contributed by atoms with Gasteiger partial charge in [0.05, 0.1) is 6.54 Å². The lowest BCUT2D eigenvalue weighted by Crippen LogP contribution is -2.37. The van der Waals surface area contributed by atoms with Crippen molar-refractivity contribution in [1.82, 2.24) is 15.0 Å². The number of nitrogens with zero attached hydrogens (tertiary/aromatic N) is 3. The van der Waals surface area contributed by atoms with Gasteiger partial charge in [0, 0.05) is 22.2 Å². The first-order chi connectivity index (χ1) is 15.6. The topological polar surface area (TPSA) is 71.3 Å². The number of likely N-dealkylation sites (tertiary alicyclic amines) is 1. The van der Waals surface area contributed by atoms with Gasteiger partial charge in [-0.3, -0.25) is 9.69 Å². The normalized spacial score (nSPS) is 15.2. The highest BCUT2D eigenvalue weighted by atomic mass is 35.5. The number of nitrogens with one attached hydrogen (secondary N) is 1.